The molecule has 0 bridgehead atoms. The molecule has 1 aliphatic carbocycles. The molecule has 3 nitrogen and oxygen atoms in total. The van der Waals surface area contributed by atoms with Gasteiger partial charge in [0.05, 0.1) is 0 Å². The zero-order valence-electron chi connectivity index (χ0n) is 19.4. The Morgan fingerprint density at radius 1 is 1.20 bits per heavy atom. The lowest BCUT2D eigenvalue weighted by molar-refractivity contribution is -0.114. The van der Waals surface area contributed by atoms with E-state index in [1.54, 1.807) is 0 Å². The van der Waals surface area contributed by atoms with Crippen LogP contribution in [-0.2, 0) is 11.2 Å². The van der Waals surface area contributed by atoms with Crippen LogP contribution in [0.4, 0.5) is 0 Å². The van der Waals surface area contributed by atoms with Gasteiger partial charge in [-0.15, -0.1) is 0 Å². The molecule has 0 spiro atoms. The van der Waals surface area contributed by atoms with Crippen LogP contribution in [0.3, 0.4) is 0 Å². The van der Waals surface area contributed by atoms with Crippen molar-refractivity contribution >= 4 is 12.0 Å². The number of amides is 1. The number of carbonyl (C=O) groups excluding carboxylic acids is 1. The summed E-state index contributed by atoms with van der Waals surface area (Å²) in [6, 6.07) is 6.40. The van der Waals surface area contributed by atoms with Crippen LogP contribution in [0.5, 0.6) is 0 Å². The number of nitrogens with one attached hydrogen (secondary N) is 1. The topological polar surface area (TPSA) is 55.1 Å². The number of carbonyl (C=O) groups is 1. The number of aryl methyl sites for hydroxylation is 1. The van der Waals surface area contributed by atoms with Gasteiger partial charge in [-0.05, 0) is 98.9 Å². The monoisotopic (exact) mass is 404 g/mol. The molecule has 0 radical (unpaired) electrons. The number of hydrogen-bond donors (Lipinski definition) is 2. The molecule has 0 saturated heterocycles. The number of hydrogen-bond acceptors (Lipinski definition) is 2. The Hall–Kier alpha value is -2.81. The van der Waals surface area contributed by atoms with Gasteiger partial charge in [-0.2, -0.15) is 0 Å². The number of rotatable bonds is 9. The fourth-order valence-electron chi connectivity index (χ4n) is 3.70. The quantitative estimate of drug-likeness (QED) is 0.396. The second-order valence-corrected chi connectivity index (χ2v) is 8.00. The normalized spacial score (nSPS) is 15.3. The molecule has 0 unspecified atom stereocenters. The average molecular weight is 405 g/mol. The van der Waals surface area contributed by atoms with Crippen LogP contribution in [0.15, 0.2) is 70.0 Å². The first-order valence-electron chi connectivity index (χ1n) is 10.8. The van der Waals surface area contributed by atoms with Crippen molar-refractivity contribution in [3.05, 3.63) is 86.7 Å². The van der Waals surface area contributed by atoms with E-state index in [0.29, 0.717) is 5.57 Å². The lowest BCUT2D eigenvalue weighted by Crippen LogP contribution is -2.15. The van der Waals surface area contributed by atoms with Gasteiger partial charge in [0.2, 0.25) is 5.91 Å². The van der Waals surface area contributed by atoms with Crippen molar-refractivity contribution in [2.24, 2.45) is 5.73 Å². The molecule has 1 amide bonds. The van der Waals surface area contributed by atoms with Gasteiger partial charge in [0.15, 0.2) is 0 Å². The fourth-order valence-corrected chi connectivity index (χ4v) is 3.70. The minimum atomic E-state index is -0.398. The van der Waals surface area contributed by atoms with Gasteiger partial charge < -0.3 is 11.1 Å². The van der Waals surface area contributed by atoms with E-state index >= 15 is 0 Å². The Bertz CT molecular complexity index is 949. The largest absolute Gasteiger partial charge is 0.388 e. The highest BCUT2D eigenvalue weighted by atomic mass is 16.1. The Balaban J connectivity index is 2.51. The summed E-state index contributed by atoms with van der Waals surface area (Å²) in [4.78, 5) is 12.3. The molecule has 0 heterocycles. The number of benzene rings is 1. The van der Waals surface area contributed by atoms with Crippen molar-refractivity contribution in [2.45, 2.75) is 60.3 Å². The van der Waals surface area contributed by atoms with E-state index < -0.39 is 5.91 Å². The zero-order valence-corrected chi connectivity index (χ0v) is 19.4. The first-order valence-corrected chi connectivity index (χ1v) is 10.8. The van der Waals surface area contributed by atoms with E-state index in [1.165, 1.54) is 27.8 Å². The van der Waals surface area contributed by atoms with E-state index in [9.17, 15) is 4.79 Å². The number of primary amides is 1. The summed E-state index contributed by atoms with van der Waals surface area (Å²) in [5.41, 5.74) is 16.1. The van der Waals surface area contributed by atoms with Crippen LogP contribution < -0.4 is 11.1 Å². The van der Waals surface area contributed by atoms with Crippen molar-refractivity contribution in [3.63, 3.8) is 0 Å². The molecule has 3 heteroatoms. The first-order chi connectivity index (χ1) is 14.3. The van der Waals surface area contributed by atoms with Gasteiger partial charge in [-0.3, -0.25) is 4.79 Å². The molecule has 2 rings (SSSR count). The van der Waals surface area contributed by atoms with Crippen LogP contribution in [-0.4, -0.2) is 13.0 Å². The van der Waals surface area contributed by atoms with Crippen molar-refractivity contribution < 1.29 is 4.79 Å². The summed E-state index contributed by atoms with van der Waals surface area (Å²) in [6.07, 6.45) is 12.1. The third kappa shape index (κ3) is 6.09. The number of likely N-dealkylation sites (N-methyl/N-ethyl adjacent to an activating group) is 1. The minimum Gasteiger partial charge on any atom is -0.388 e. The molecule has 0 aliphatic heterocycles. The third-order valence-electron chi connectivity index (χ3n) is 5.69. The van der Waals surface area contributed by atoms with Gasteiger partial charge in [0.1, 0.15) is 0 Å². The highest BCUT2D eigenvalue weighted by molar-refractivity contribution is 5.95. The van der Waals surface area contributed by atoms with Crippen molar-refractivity contribution in [3.8, 4) is 0 Å². The predicted molar refractivity (Wildman–Crippen MR) is 129 cm³/mol. The standard InChI is InChI=1S/C27H36N2O/c1-7-10-25-19(4)11-9-12-22(25)16-23(18(3)8-2)17-24(27(28)30)15-20(5)26(29-6)21-13-14-21/h7,9-12,15,17,29H,8,13-14,16H2,1-6H3,(H2,28,30)/b10-7-,20-15+,23-18+,24-17+. The Morgan fingerprint density at radius 3 is 2.43 bits per heavy atom. The maximum Gasteiger partial charge on any atom is 0.248 e. The minimum absolute atomic E-state index is 0.398. The highest BCUT2D eigenvalue weighted by Crippen LogP contribution is 2.33. The predicted octanol–water partition coefficient (Wildman–Crippen LogP) is 5.92. The van der Waals surface area contributed by atoms with Gasteiger partial charge in [0.25, 0.3) is 0 Å². The fraction of sp³-hybridized carbons (Fsp3) is 0.370. The summed E-state index contributed by atoms with van der Waals surface area (Å²) >= 11 is 0. The molecule has 1 aromatic rings. The van der Waals surface area contributed by atoms with Crippen molar-refractivity contribution in [2.75, 3.05) is 7.05 Å². The lowest BCUT2D eigenvalue weighted by Gasteiger charge is -2.14. The van der Waals surface area contributed by atoms with Gasteiger partial charge in [-0.1, -0.05) is 42.8 Å². The van der Waals surface area contributed by atoms with Crippen LogP contribution in [0, 0.1) is 6.92 Å². The number of nitrogens with two attached hydrogens (primary N) is 1. The molecule has 1 fully saturated rings. The lowest BCUT2D eigenvalue weighted by atomic mass is 9.92. The summed E-state index contributed by atoms with van der Waals surface area (Å²) in [7, 11) is 1.93. The number of allylic oxidation sites excluding steroid dienone is 6. The molecular weight excluding hydrogens is 368 g/mol. The highest BCUT2D eigenvalue weighted by Gasteiger charge is 2.18. The molecule has 0 atom stereocenters. The summed E-state index contributed by atoms with van der Waals surface area (Å²) in [6.45, 7) is 10.5. The zero-order chi connectivity index (χ0) is 22.3. The molecule has 3 N–H and O–H groups in total. The summed E-state index contributed by atoms with van der Waals surface area (Å²) in [5, 5.41) is 3.28. The molecule has 160 valence electrons. The van der Waals surface area contributed by atoms with Crippen molar-refractivity contribution in [1.82, 2.24) is 5.32 Å². The van der Waals surface area contributed by atoms with E-state index in [2.05, 4.69) is 56.4 Å². The van der Waals surface area contributed by atoms with E-state index in [4.69, 9.17) is 5.73 Å². The van der Waals surface area contributed by atoms with E-state index in [-0.39, 0.29) is 0 Å². The van der Waals surface area contributed by atoms with E-state index in [0.717, 1.165) is 42.5 Å². The van der Waals surface area contributed by atoms with Gasteiger partial charge in [0, 0.05) is 18.3 Å². The Morgan fingerprint density at radius 2 is 1.90 bits per heavy atom. The van der Waals surface area contributed by atoms with Crippen LogP contribution >= 0.6 is 0 Å². The smallest absolute Gasteiger partial charge is 0.248 e. The molecule has 0 aromatic heterocycles. The SMILES string of the molecule is C/C=C\c1c(C)cccc1CC(/C=C(\C=C(/C)C(NC)=C1CC1)C(N)=O)=C(/C)CC. The maximum absolute atomic E-state index is 12.3. The third-order valence-corrected chi connectivity index (χ3v) is 5.69. The first kappa shape index (κ1) is 23.5. The Labute approximate surface area is 182 Å². The maximum atomic E-state index is 12.3. The second-order valence-electron chi connectivity index (χ2n) is 8.00. The van der Waals surface area contributed by atoms with E-state index in [1.807, 2.05) is 33.0 Å². The summed E-state index contributed by atoms with van der Waals surface area (Å²) in [5.74, 6) is -0.398. The van der Waals surface area contributed by atoms with Crippen LogP contribution in [0.25, 0.3) is 6.08 Å². The summed E-state index contributed by atoms with van der Waals surface area (Å²) < 4.78 is 0. The molecule has 1 aromatic carbocycles. The van der Waals surface area contributed by atoms with Gasteiger partial charge >= 0.3 is 0 Å². The van der Waals surface area contributed by atoms with Crippen LogP contribution in [0.1, 0.15) is 63.6 Å². The van der Waals surface area contributed by atoms with Crippen molar-refractivity contribution in [1.29, 1.82) is 0 Å². The van der Waals surface area contributed by atoms with Gasteiger partial charge in [-0.25, -0.2) is 0 Å². The molecular formula is C27H36N2O. The molecule has 1 saturated carbocycles. The Kier molecular flexibility index (Phi) is 8.46. The second kappa shape index (κ2) is 10.8. The van der Waals surface area contributed by atoms with Crippen LogP contribution in [0.2, 0.25) is 0 Å². The molecule has 1 aliphatic rings. The molecule has 30 heavy (non-hydrogen) atoms. The average Bonchev–Trinajstić information content (AvgIpc) is 3.54.